The summed E-state index contributed by atoms with van der Waals surface area (Å²) in [6.45, 7) is 3.48. The zero-order valence-corrected chi connectivity index (χ0v) is 18.0. The van der Waals surface area contributed by atoms with Crippen LogP contribution < -0.4 is 15.4 Å². The number of amides is 2. The lowest BCUT2D eigenvalue weighted by atomic mass is 10.1. The van der Waals surface area contributed by atoms with E-state index in [9.17, 15) is 18.0 Å². The Morgan fingerprint density at radius 2 is 1.57 bits per heavy atom. The second-order valence-electron chi connectivity index (χ2n) is 6.77. The van der Waals surface area contributed by atoms with Gasteiger partial charge in [0.2, 0.25) is 10.0 Å². The van der Waals surface area contributed by atoms with Crippen LogP contribution in [0.2, 0.25) is 0 Å². The second-order valence-corrected chi connectivity index (χ2v) is 9.43. The number of hydrogen-bond acceptors (Lipinski definition) is 5. The molecular weight excluding hydrogens is 422 g/mol. The lowest BCUT2D eigenvalue weighted by Gasteiger charge is -2.11. The summed E-state index contributed by atoms with van der Waals surface area (Å²) in [7, 11) is -3.59. The molecule has 30 heavy (non-hydrogen) atoms. The number of carbonyl (C=O) groups excluding carboxylic acids is 2. The summed E-state index contributed by atoms with van der Waals surface area (Å²) >= 11 is 1.33. The maximum atomic E-state index is 12.6. The minimum absolute atomic E-state index is 0.118. The number of hydrogen-bond donors (Lipinski definition) is 3. The molecule has 0 atom stereocenters. The smallest absolute Gasteiger partial charge is 0.265 e. The van der Waals surface area contributed by atoms with Crippen LogP contribution in [0, 0.1) is 0 Å². The molecule has 0 spiro atoms. The molecule has 1 heterocycles. The highest BCUT2D eigenvalue weighted by atomic mass is 32.2. The van der Waals surface area contributed by atoms with Crippen LogP contribution >= 0.6 is 11.3 Å². The molecule has 0 bridgehead atoms. The van der Waals surface area contributed by atoms with Crippen molar-refractivity contribution in [1.29, 1.82) is 0 Å². The Labute approximate surface area is 179 Å². The van der Waals surface area contributed by atoms with Crippen molar-refractivity contribution in [2.24, 2.45) is 0 Å². The average molecular weight is 444 g/mol. The first kappa shape index (κ1) is 21.7. The molecule has 3 rings (SSSR count). The van der Waals surface area contributed by atoms with Gasteiger partial charge in [-0.3, -0.25) is 9.59 Å². The Kier molecular flexibility index (Phi) is 6.66. The van der Waals surface area contributed by atoms with E-state index in [1.807, 2.05) is 5.38 Å². The zero-order valence-electron chi connectivity index (χ0n) is 16.4. The summed E-state index contributed by atoms with van der Waals surface area (Å²) in [6.07, 6.45) is 0. The molecule has 0 fully saturated rings. The van der Waals surface area contributed by atoms with Gasteiger partial charge in [0.25, 0.3) is 11.8 Å². The van der Waals surface area contributed by atoms with Crippen molar-refractivity contribution in [3.63, 3.8) is 0 Å². The lowest BCUT2D eigenvalue weighted by molar-refractivity contribution is 0.101. The fourth-order valence-electron chi connectivity index (χ4n) is 2.64. The summed E-state index contributed by atoms with van der Waals surface area (Å²) < 4.78 is 26.9. The van der Waals surface area contributed by atoms with Gasteiger partial charge in [-0.2, -0.15) is 0 Å². The van der Waals surface area contributed by atoms with Crippen LogP contribution in [0.4, 0.5) is 11.4 Å². The monoisotopic (exact) mass is 443 g/mol. The molecule has 0 aliphatic heterocycles. The largest absolute Gasteiger partial charge is 0.322 e. The highest BCUT2D eigenvalue weighted by Gasteiger charge is 2.15. The molecule has 9 heteroatoms. The predicted molar refractivity (Wildman–Crippen MR) is 119 cm³/mol. The molecule has 3 N–H and O–H groups in total. The summed E-state index contributed by atoms with van der Waals surface area (Å²) in [4.78, 5) is 25.4. The van der Waals surface area contributed by atoms with Crippen LogP contribution in [0.25, 0.3) is 0 Å². The van der Waals surface area contributed by atoms with Gasteiger partial charge < -0.3 is 10.6 Å². The number of carbonyl (C=O) groups is 2. The number of sulfonamides is 1. The van der Waals surface area contributed by atoms with Crippen molar-refractivity contribution in [3.05, 3.63) is 76.5 Å². The van der Waals surface area contributed by atoms with E-state index in [1.165, 1.54) is 35.6 Å². The minimum Gasteiger partial charge on any atom is -0.322 e. The summed E-state index contributed by atoms with van der Waals surface area (Å²) in [5.74, 6) is -0.618. The third kappa shape index (κ3) is 5.53. The molecule has 7 nitrogen and oxygen atoms in total. The van der Waals surface area contributed by atoms with E-state index in [2.05, 4.69) is 15.4 Å². The van der Waals surface area contributed by atoms with Crippen LogP contribution in [0.3, 0.4) is 0 Å². The standard InChI is InChI=1S/C21H21N3O4S2/c1-14(2)24-30(27,28)18-10-8-16(9-11-18)22-20(25)15-5-3-6-17(13-15)23-21(26)19-7-4-12-29-19/h3-14,24H,1-2H3,(H,22,25)(H,23,26). The maximum Gasteiger partial charge on any atom is 0.265 e. The quantitative estimate of drug-likeness (QED) is 0.514. The predicted octanol–water partition coefficient (Wildman–Crippen LogP) is 3.94. The second kappa shape index (κ2) is 9.21. The molecule has 0 unspecified atom stereocenters. The SMILES string of the molecule is CC(C)NS(=O)(=O)c1ccc(NC(=O)c2cccc(NC(=O)c3cccs3)c2)cc1. The lowest BCUT2D eigenvalue weighted by Crippen LogP contribution is -2.30. The van der Waals surface area contributed by atoms with Gasteiger partial charge in [0.1, 0.15) is 0 Å². The van der Waals surface area contributed by atoms with Crippen LogP contribution in [-0.4, -0.2) is 26.3 Å². The first-order valence-corrected chi connectivity index (χ1v) is 11.5. The maximum absolute atomic E-state index is 12.6. The molecule has 0 radical (unpaired) electrons. The molecule has 0 saturated heterocycles. The Balaban J connectivity index is 1.68. The van der Waals surface area contributed by atoms with E-state index >= 15 is 0 Å². The van der Waals surface area contributed by atoms with Gasteiger partial charge in [0.05, 0.1) is 9.77 Å². The van der Waals surface area contributed by atoms with E-state index in [-0.39, 0.29) is 22.8 Å². The van der Waals surface area contributed by atoms with Crippen molar-refractivity contribution >= 4 is 44.5 Å². The van der Waals surface area contributed by atoms with Crippen LogP contribution in [0.15, 0.2) is 70.9 Å². The van der Waals surface area contributed by atoms with Crippen molar-refractivity contribution in [1.82, 2.24) is 4.72 Å². The molecule has 156 valence electrons. The molecule has 2 aromatic carbocycles. The molecule has 0 aliphatic carbocycles. The fourth-order valence-corrected chi connectivity index (χ4v) is 4.51. The number of anilines is 2. The van der Waals surface area contributed by atoms with Gasteiger partial charge >= 0.3 is 0 Å². The van der Waals surface area contributed by atoms with Crippen LogP contribution in [-0.2, 0) is 10.0 Å². The normalized spacial score (nSPS) is 11.3. The van der Waals surface area contributed by atoms with E-state index in [4.69, 9.17) is 0 Å². The Morgan fingerprint density at radius 1 is 0.867 bits per heavy atom. The topological polar surface area (TPSA) is 104 Å². The zero-order chi connectivity index (χ0) is 21.7. The first-order chi connectivity index (χ1) is 14.2. The highest BCUT2D eigenvalue weighted by molar-refractivity contribution is 7.89. The van der Waals surface area contributed by atoms with Crippen molar-refractivity contribution < 1.29 is 18.0 Å². The molecular formula is C21H21N3O4S2. The van der Waals surface area contributed by atoms with E-state index in [1.54, 1.807) is 50.2 Å². The summed E-state index contributed by atoms with van der Waals surface area (Å²) in [5.41, 5.74) is 1.32. The Morgan fingerprint density at radius 3 is 2.20 bits per heavy atom. The highest BCUT2D eigenvalue weighted by Crippen LogP contribution is 2.18. The van der Waals surface area contributed by atoms with E-state index < -0.39 is 10.0 Å². The number of benzene rings is 2. The van der Waals surface area contributed by atoms with Gasteiger partial charge in [-0.15, -0.1) is 11.3 Å². The van der Waals surface area contributed by atoms with Gasteiger partial charge in [0, 0.05) is 23.0 Å². The fraction of sp³-hybridized carbons (Fsp3) is 0.143. The molecule has 0 saturated carbocycles. The molecule has 1 aromatic heterocycles. The van der Waals surface area contributed by atoms with Gasteiger partial charge in [-0.25, -0.2) is 13.1 Å². The number of nitrogens with one attached hydrogen (secondary N) is 3. The third-order valence-corrected chi connectivity index (χ3v) is 6.48. The van der Waals surface area contributed by atoms with E-state index in [0.717, 1.165) is 0 Å². The molecule has 2 amide bonds. The minimum atomic E-state index is -3.59. The first-order valence-electron chi connectivity index (χ1n) is 9.13. The van der Waals surface area contributed by atoms with Gasteiger partial charge in [-0.1, -0.05) is 12.1 Å². The van der Waals surface area contributed by atoms with Crippen LogP contribution in [0.5, 0.6) is 0 Å². The van der Waals surface area contributed by atoms with Gasteiger partial charge in [-0.05, 0) is 67.8 Å². The van der Waals surface area contributed by atoms with Crippen molar-refractivity contribution in [2.45, 2.75) is 24.8 Å². The Bertz CT molecular complexity index is 1140. The summed E-state index contributed by atoms with van der Waals surface area (Å²) in [5, 5.41) is 7.30. The third-order valence-electron chi connectivity index (χ3n) is 3.94. The van der Waals surface area contributed by atoms with Crippen LogP contribution in [0.1, 0.15) is 33.9 Å². The molecule has 0 aliphatic rings. The average Bonchev–Trinajstić information content (AvgIpc) is 3.22. The van der Waals surface area contributed by atoms with Crippen molar-refractivity contribution in [2.75, 3.05) is 10.6 Å². The number of rotatable bonds is 7. The van der Waals surface area contributed by atoms with Crippen molar-refractivity contribution in [3.8, 4) is 0 Å². The van der Waals surface area contributed by atoms with E-state index in [0.29, 0.717) is 21.8 Å². The summed E-state index contributed by atoms with van der Waals surface area (Å²) in [6, 6.07) is 15.8. The Hall–Kier alpha value is -3.01. The van der Waals surface area contributed by atoms with Gasteiger partial charge in [0.15, 0.2) is 0 Å². The number of thiophene rings is 1. The molecule has 3 aromatic rings.